The van der Waals surface area contributed by atoms with Gasteiger partial charge in [0.05, 0.1) is 12.2 Å². The molecule has 60 valence electrons. The minimum Gasteiger partial charge on any atom is -0.353 e. The maximum Gasteiger partial charge on any atom is 0.0989 e. The van der Waals surface area contributed by atoms with Crippen molar-refractivity contribution in [2.24, 2.45) is 5.73 Å². The summed E-state index contributed by atoms with van der Waals surface area (Å²) in [4.78, 5) is 2.26. The van der Waals surface area contributed by atoms with E-state index < -0.39 is 0 Å². The highest BCUT2D eigenvalue weighted by Gasteiger charge is 2.28. The van der Waals surface area contributed by atoms with Gasteiger partial charge in [0.15, 0.2) is 0 Å². The van der Waals surface area contributed by atoms with Crippen LogP contribution in [-0.4, -0.2) is 30.2 Å². The van der Waals surface area contributed by atoms with Crippen molar-refractivity contribution >= 4 is 0 Å². The molecule has 3 N–H and O–H groups in total. The van der Waals surface area contributed by atoms with Crippen LogP contribution in [0.2, 0.25) is 0 Å². The highest BCUT2D eigenvalue weighted by atomic mass is 15.3. The molecule has 0 aromatic heterocycles. The minimum absolute atomic E-state index is 0.383. The van der Waals surface area contributed by atoms with Crippen LogP contribution >= 0.6 is 0 Å². The van der Waals surface area contributed by atoms with Gasteiger partial charge in [0.1, 0.15) is 0 Å². The molecule has 0 aromatic carbocycles. The van der Waals surface area contributed by atoms with Gasteiger partial charge in [-0.3, -0.25) is 5.32 Å². The average molecular weight is 151 g/mol. The Morgan fingerprint density at radius 3 is 3.27 bits per heavy atom. The molecule has 0 spiro atoms. The third kappa shape index (κ3) is 1.06. The number of fused-ring (bicyclic) bond motifs is 1. The second-order valence-electron chi connectivity index (χ2n) is 2.92. The largest absolute Gasteiger partial charge is 0.353 e. The van der Waals surface area contributed by atoms with Crippen LogP contribution in [0.5, 0.6) is 0 Å². The van der Waals surface area contributed by atoms with E-state index in [1.807, 2.05) is 6.08 Å². The van der Waals surface area contributed by atoms with Crippen LogP contribution in [0.15, 0.2) is 24.4 Å². The first-order chi connectivity index (χ1) is 5.42. The van der Waals surface area contributed by atoms with E-state index in [1.165, 1.54) is 0 Å². The standard InChI is InChI=1S/C8H13N3/c9-5-7-6-10-8-3-1-2-4-11(7)8/h1-4,7-8,10H,5-6,9H2/t7-,8+/m0/s1. The molecule has 11 heavy (non-hydrogen) atoms. The molecule has 0 unspecified atom stereocenters. The third-order valence-electron chi connectivity index (χ3n) is 2.24. The van der Waals surface area contributed by atoms with Crippen LogP contribution in [-0.2, 0) is 0 Å². The molecule has 3 nitrogen and oxygen atoms in total. The first-order valence-corrected chi connectivity index (χ1v) is 3.97. The van der Waals surface area contributed by atoms with E-state index in [4.69, 9.17) is 5.73 Å². The zero-order valence-electron chi connectivity index (χ0n) is 6.40. The Labute approximate surface area is 66.6 Å². The number of nitrogens with zero attached hydrogens (tertiary/aromatic N) is 1. The van der Waals surface area contributed by atoms with Crippen LogP contribution in [0, 0.1) is 0 Å². The van der Waals surface area contributed by atoms with Crippen molar-refractivity contribution in [3.8, 4) is 0 Å². The van der Waals surface area contributed by atoms with Crippen LogP contribution in [0.3, 0.4) is 0 Å². The Balaban J connectivity index is 2.13. The molecule has 0 radical (unpaired) electrons. The lowest BCUT2D eigenvalue weighted by Crippen LogP contribution is -2.38. The number of hydrogen-bond donors (Lipinski definition) is 2. The fourth-order valence-electron chi connectivity index (χ4n) is 1.60. The van der Waals surface area contributed by atoms with Crippen molar-refractivity contribution in [1.29, 1.82) is 0 Å². The Morgan fingerprint density at radius 2 is 2.45 bits per heavy atom. The summed E-state index contributed by atoms with van der Waals surface area (Å²) in [5, 5.41) is 3.37. The molecule has 2 atom stereocenters. The molecule has 1 fully saturated rings. The topological polar surface area (TPSA) is 41.3 Å². The van der Waals surface area contributed by atoms with Gasteiger partial charge in [0.25, 0.3) is 0 Å². The van der Waals surface area contributed by atoms with E-state index in [2.05, 4.69) is 28.6 Å². The van der Waals surface area contributed by atoms with Gasteiger partial charge in [0.2, 0.25) is 0 Å². The normalized spacial score (nSPS) is 34.5. The van der Waals surface area contributed by atoms with Crippen molar-refractivity contribution < 1.29 is 0 Å². The number of hydrogen-bond acceptors (Lipinski definition) is 3. The first kappa shape index (κ1) is 6.88. The highest BCUT2D eigenvalue weighted by molar-refractivity contribution is 5.16. The molecule has 2 aliphatic rings. The molecule has 0 amide bonds. The fraction of sp³-hybridized carbons (Fsp3) is 0.500. The molecule has 0 bridgehead atoms. The lowest BCUT2D eigenvalue weighted by molar-refractivity contribution is 0.309. The van der Waals surface area contributed by atoms with Crippen LogP contribution in [0.1, 0.15) is 0 Å². The third-order valence-corrected chi connectivity index (χ3v) is 2.24. The van der Waals surface area contributed by atoms with Crippen molar-refractivity contribution in [2.75, 3.05) is 13.1 Å². The summed E-state index contributed by atoms with van der Waals surface area (Å²) < 4.78 is 0. The highest BCUT2D eigenvalue weighted by Crippen LogP contribution is 2.15. The quantitative estimate of drug-likeness (QED) is 0.537. The van der Waals surface area contributed by atoms with E-state index in [9.17, 15) is 0 Å². The van der Waals surface area contributed by atoms with Crippen molar-refractivity contribution in [3.05, 3.63) is 24.4 Å². The average Bonchev–Trinajstić information content (AvgIpc) is 2.47. The zero-order valence-corrected chi connectivity index (χ0v) is 6.40. The Kier molecular flexibility index (Phi) is 1.68. The van der Waals surface area contributed by atoms with Gasteiger partial charge in [0, 0.05) is 19.3 Å². The number of allylic oxidation sites excluding steroid dienone is 2. The van der Waals surface area contributed by atoms with Gasteiger partial charge < -0.3 is 10.6 Å². The molecule has 1 saturated heterocycles. The van der Waals surface area contributed by atoms with Gasteiger partial charge in [-0.15, -0.1) is 0 Å². The number of rotatable bonds is 1. The SMILES string of the molecule is NC[C@H]1CN[C@H]2C=CC=CN12. The Hall–Kier alpha value is -0.800. The number of nitrogens with one attached hydrogen (secondary N) is 1. The summed E-state index contributed by atoms with van der Waals surface area (Å²) in [7, 11) is 0. The summed E-state index contributed by atoms with van der Waals surface area (Å²) in [6, 6.07) is 0.473. The van der Waals surface area contributed by atoms with Crippen LogP contribution in [0.4, 0.5) is 0 Å². The molecule has 3 heteroatoms. The fourth-order valence-corrected chi connectivity index (χ4v) is 1.60. The van der Waals surface area contributed by atoms with Gasteiger partial charge in [-0.1, -0.05) is 6.08 Å². The lowest BCUT2D eigenvalue weighted by atomic mass is 10.2. The summed E-state index contributed by atoms with van der Waals surface area (Å²) in [5.74, 6) is 0. The second-order valence-corrected chi connectivity index (χ2v) is 2.92. The lowest BCUT2D eigenvalue weighted by Gasteiger charge is -2.26. The Bertz CT molecular complexity index is 198. The Morgan fingerprint density at radius 1 is 1.55 bits per heavy atom. The molecular weight excluding hydrogens is 138 g/mol. The number of nitrogens with two attached hydrogens (primary N) is 1. The predicted molar refractivity (Wildman–Crippen MR) is 44.8 cm³/mol. The first-order valence-electron chi connectivity index (χ1n) is 3.97. The summed E-state index contributed by atoms with van der Waals surface area (Å²) in [5.41, 5.74) is 5.60. The molecule has 0 aromatic rings. The monoisotopic (exact) mass is 151 g/mol. The second kappa shape index (κ2) is 2.68. The zero-order chi connectivity index (χ0) is 7.68. The van der Waals surface area contributed by atoms with E-state index in [1.54, 1.807) is 0 Å². The summed E-state index contributed by atoms with van der Waals surface area (Å²) in [6.07, 6.45) is 8.74. The van der Waals surface area contributed by atoms with E-state index >= 15 is 0 Å². The van der Waals surface area contributed by atoms with E-state index in [0.29, 0.717) is 12.2 Å². The van der Waals surface area contributed by atoms with Gasteiger partial charge in [-0.2, -0.15) is 0 Å². The van der Waals surface area contributed by atoms with Crippen molar-refractivity contribution in [1.82, 2.24) is 10.2 Å². The van der Waals surface area contributed by atoms with Crippen LogP contribution < -0.4 is 11.1 Å². The molecule has 0 aliphatic carbocycles. The molecule has 2 aliphatic heterocycles. The maximum absolute atomic E-state index is 5.60. The predicted octanol–water partition coefficient (Wildman–Crippen LogP) is -0.371. The van der Waals surface area contributed by atoms with Gasteiger partial charge in [-0.25, -0.2) is 0 Å². The van der Waals surface area contributed by atoms with Crippen LogP contribution in [0.25, 0.3) is 0 Å². The molecule has 2 rings (SSSR count). The summed E-state index contributed by atoms with van der Waals surface area (Å²) in [6.45, 7) is 1.72. The molecular formula is C8H13N3. The van der Waals surface area contributed by atoms with Crippen molar-refractivity contribution in [2.45, 2.75) is 12.2 Å². The van der Waals surface area contributed by atoms with Crippen molar-refractivity contribution in [3.63, 3.8) is 0 Å². The van der Waals surface area contributed by atoms with Gasteiger partial charge in [-0.05, 0) is 12.2 Å². The van der Waals surface area contributed by atoms with E-state index in [0.717, 1.165) is 13.1 Å². The molecule has 0 saturated carbocycles. The maximum atomic E-state index is 5.60. The minimum atomic E-state index is 0.383. The summed E-state index contributed by atoms with van der Waals surface area (Å²) >= 11 is 0. The smallest absolute Gasteiger partial charge is 0.0989 e. The van der Waals surface area contributed by atoms with E-state index in [-0.39, 0.29) is 0 Å². The van der Waals surface area contributed by atoms with Gasteiger partial charge >= 0.3 is 0 Å². The molecule has 2 heterocycles.